The third-order valence-corrected chi connectivity index (χ3v) is 4.54. The van der Waals surface area contributed by atoms with Crippen molar-refractivity contribution in [2.45, 2.75) is 78.1 Å². The summed E-state index contributed by atoms with van der Waals surface area (Å²) in [4.78, 5) is 23.2. The number of ether oxygens (including phenoxy) is 6. The van der Waals surface area contributed by atoms with E-state index in [0.29, 0.717) is 39.6 Å². The normalized spacial score (nSPS) is 10.9. The second-order valence-electron chi connectivity index (χ2n) is 7.51. The highest BCUT2D eigenvalue weighted by Gasteiger charge is 2.09. The zero-order valence-corrected chi connectivity index (χ0v) is 20.4. The Kier molecular flexibility index (Phi) is 25.0. The Labute approximate surface area is 194 Å². The average Bonchev–Trinajstić information content (AvgIpc) is 2.79. The molecule has 0 aliphatic carbocycles. The number of hydrogen-bond donors (Lipinski definition) is 0. The molecule has 0 aliphatic rings. The van der Waals surface area contributed by atoms with Gasteiger partial charge in [0.05, 0.1) is 52.5 Å². The van der Waals surface area contributed by atoms with E-state index in [1.165, 1.54) is 38.5 Å². The summed E-state index contributed by atoms with van der Waals surface area (Å²) in [7, 11) is 0. The second kappa shape index (κ2) is 26.0. The van der Waals surface area contributed by atoms with Crippen molar-refractivity contribution in [1.29, 1.82) is 0 Å². The van der Waals surface area contributed by atoms with Gasteiger partial charge in [-0.15, -0.1) is 0 Å². The largest absolute Gasteiger partial charge is 0.463 e. The third kappa shape index (κ3) is 25.0. The summed E-state index contributed by atoms with van der Waals surface area (Å²) in [6.07, 6.45) is 9.45. The van der Waals surface area contributed by atoms with Gasteiger partial charge in [0, 0.05) is 13.2 Å². The highest BCUT2D eigenvalue weighted by molar-refractivity contribution is 5.77. The summed E-state index contributed by atoms with van der Waals surface area (Å²) in [6.45, 7) is 8.88. The van der Waals surface area contributed by atoms with Crippen LogP contribution in [0.4, 0.5) is 0 Å². The van der Waals surface area contributed by atoms with Crippen LogP contribution < -0.4 is 0 Å². The molecular formula is C24H46O8. The third-order valence-electron chi connectivity index (χ3n) is 4.54. The standard InChI is InChI=1S/C24H46O8/c1-3-5-7-9-13-27-15-17-29-19-21-31-23(25)11-12-24(26)32-22-20-30-18-16-28-14-10-8-6-4-2/h3-22H2,1-2H3. The molecule has 0 saturated heterocycles. The number of esters is 2. The SMILES string of the molecule is CCCCCCOCCOCCOC(=O)CCC(=O)OCCOCCOCCCCCC. The van der Waals surface area contributed by atoms with Gasteiger partial charge < -0.3 is 28.4 Å². The van der Waals surface area contributed by atoms with E-state index in [2.05, 4.69) is 13.8 Å². The smallest absolute Gasteiger partial charge is 0.306 e. The molecule has 0 N–H and O–H groups in total. The molecule has 0 rings (SSSR count). The molecule has 0 heterocycles. The van der Waals surface area contributed by atoms with Gasteiger partial charge in [0.2, 0.25) is 0 Å². The first kappa shape index (κ1) is 30.8. The second-order valence-corrected chi connectivity index (χ2v) is 7.51. The van der Waals surface area contributed by atoms with E-state index in [9.17, 15) is 9.59 Å². The Morgan fingerprint density at radius 3 is 1.16 bits per heavy atom. The lowest BCUT2D eigenvalue weighted by Gasteiger charge is -2.08. The fraction of sp³-hybridized carbons (Fsp3) is 0.917. The number of carbonyl (C=O) groups excluding carboxylic acids is 2. The van der Waals surface area contributed by atoms with Crippen LogP contribution in [0.3, 0.4) is 0 Å². The minimum Gasteiger partial charge on any atom is -0.463 e. The molecule has 0 aromatic rings. The minimum absolute atomic E-state index is 0.00751. The molecule has 0 fully saturated rings. The monoisotopic (exact) mass is 462 g/mol. The van der Waals surface area contributed by atoms with Crippen molar-refractivity contribution >= 4 is 11.9 Å². The van der Waals surface area contributed by atoms with Gasteiger partial charge in [-0.25, -0.2) is 0 Å². The van der Waals surface area contributed by atoms with E-state index in [4.69, 9.17) is 28.4 Å². The molecule has 0 aliphatic heterocycles. The van der Waals surface area contributed by atoms with Gasteiger partial charge >= 0.3 is 11.9 Å². The van der Waals surface area contributed by atoms with Crippen molar-refractivity contribution in [2.24, 2.45) is 0 Å². The molecule has 190 valence electrons. The van der Waals surface area contributed by atoms with Gasteiger partial charge in [-0.1, -0.05) is 52.4 Å². The van der Waals surface area contributed by atoms with Crippen LogP contribution in [-0.2, 0) is 38.0 Å². The van der Waals surface area contributed by atoms with E-state index < -0.39 is 11.9 Å². The molecule has 8 heteroatoms. The predicted molar refractivity (Wildman–Crippen MR) is 123 cm³/mol. The summed E-state index contributed by atoms with van der Waals surface area (Å²) in [5, 5.41) is 0. The molecule has 0 aromatic carbocycles. The molecule has 8 nitrogen and oxygen atoms in total. The van der Waals surface area contributed by atoms with Gasteiger partial charge in [-0.2, -0.15) is 0 Å². The number of carbonyl (C=O) groups is 2. The zero-order valence-electron chi connectivity index (χ0n) is 20.4. The summed E-state index contributed by atoms with van der Waals surface area (Å²) in [6, 6.07) is 0. The first-order valence-electron chi connectivity index (χ1n) is 12.3. The van der Waals surface area contributed by atoms with E-state index in [1.807, 2.05) is 0 Å². The first-order chi connectivity index (χ1) is 15.7. The van der Waals surface area contributed by atoms with Gasteiger partial charge in [0.1, 0.15) is 13.2 Å². The highest BCUT2D eigenvalue weighted by Crippen LogP contribution is 2.00. The molecule has 0 saturated carbocycles. The lowest BCUT2D eigenvalue weighted by atomic mass is 10.2. The molecule has 0 unspecified atom stereocenters. The molecule has 0 aromatic heterocycles. The Balaban J connectivity index is 3.30. The Morgan fingerprint density at radius 1 is 0.438 bits per heavy atom. The fourth-order valence-electron chi connectivity index (χ4n) is 2.68. The van der Waals surface area contributed by atoms with Crippen LogP contribution in [0.1, 0.15) is 78.1 Å². The molecule has 0 radical (unpaired) electrons. The Morgan fingerprint density at radius 2 is 0.781 bits per heavy atom. The first-order valence-corrected chi connectivity index (χ1v) is 12.3. The fourth-order valence-corrected chi connectivity index (χ4v) is 2.68. The van der Waals surface area contributed by atoms with Crippen LogP contribution in [0.5, 0.6) is 0 Å². The van der Waals surface area contributed by atoms with Crippen molar-refractivity contribution < 1.29 is 38.0 Å². The van der Waals surface area contributed by atoms with Crippen molar-refractivity contribution in [3.05, 3.63) is 0 Å². The number of unbranched alkanes of at least 4 members (excludes halogenated alkanes) is 6. The minimum atomic E-state index is -0.440. The van der Waals surface area contributed by atoms with Gasteiger partial charge in [0.25, 0.3) is 0 Å². The maximum atomic E-state index is 11.6. The van der Waals surface area contributed by atoms with Gasteiger partial charge in [0.15, 0.2) is 0 Å². The zero-order chi connectivity index (χ0) is 23.5. The van der Waals surface area contributed by atoms with Crippen molar-refractivity contribution in [3.8, 4) is 0 Å². The average molecular weight is 463 g/mol. The van der Waals surface area contributed by atoms with Crippen LogP contribution >= 0.6 is 0 Å². The lowest BCUT2D eigenvalue weighted by molar-refractivity contribution is -0.152. The summed E-state index contributed by atoms with van der Waals surface area (Å²) in [5.74, 6) is -0.880. The molecular weight excluding hydrogens is 416 g/mol. The molecule has 0 bridgehead atoms. The predicted octanol–water partition coefficient (Wildman–Crippen LogP) is 4.08. The van der Waals surface area contributed by atoms with Gasteiger partial charge in [-0.05, 0) is 12.8 Å². The summed E-state index contributed by atoms with van der Waals surface area (Å²) < 4.78 is 31.6. The van der Waals surface area contributed by atoms with E-state index in [-0.39, 0.29) is 26.1 Å². The maximum absolute atomic E-state index is 11.6. The van der Waals surface area contributed by atoms with E-state index in [1.54, 1.807) is 0 Å². The quantitative estimate of drug-likeness (QED) is 0.148. The van der Waals surface area contributed by atoms with Crippen LogP contribution in [-0.4, -0.2) is 78.0 Å². The number of hydrogen-bond acceptors (Lipinski definition) is 8. The molecule has 0 amide bonds. The van der Waals surface area contributed by atoms with Crippen LogP contribution in [0.25, 0.3) is 0 Å². The van der Waals surface area contributed by atoms with Crippen LogP contribution in [0, 0.1) is 0 Å². The topological polar surface area (TPSA) is 89.5 Å². The summed E-state index contributed by atoms with van der Waals surface area (Å²) >= 11 is 0. The Bertz CT molecular complexity index is 379. The highest BCUT2D eigenvalue weighted by atomic mass is 16.6. The van der Waals surface area contributed by atoms with Crippen molar-refractivity contribution in [3.63, 3.8) is 0 Å². The van der Waals surface area contributed by atoms with Crippen molar-refractivity contribution in [1.82, 2.24) is 0 Å². The number of rotatable bonds is 25. The van der Waals surface area contributed by atoms with Crippen molar-refractivity contribution in [2.75, 3.05) is 66.1 Å². The maximum Gasteiger partial charge on any atom is 0.306 e. The summed E-state index contributed by atoms with van der Waals surface area (Å²) in [5.41, 5.74) is 0. The molecule has 0 spiro atoms. The van der Waals surface area contributed by atoms with E-state index >= 15 is 0 Å². The lowest BCUT2D eigenvalue weighted by Crippen LogP contribution is -2.16. The molecule has 0 atom stereocenters. The van der Waals surface area contributed by atoms with Crippen LogP contribution in [0.2, 0.25) is 0 Å². The van der Waals surface area contributed by atoms with Crippen LogP contribution in [0.15, 0.2) is 0 Å². The Hall–Kier alpha value is -1.22. The molecule has 32 heavy (non-hydrogen) atoms. The van der Waals surface area contributed by atoms with E-state index in [0.717, 1.165) is 26.1 Å². The van der Waals surface area contributed by atoms with Gasteiger partial charge in [-0.3, -0.25) is 9.59 Å².